The van der Waals surface area contributed by atoms with Crippen molar-refractivity contribution < 1.29 is 9.59 Å². The zero-order chi connectivity index (χ0) is 21.8. The summed E-state index contributed by atoms with van der Waals surface area (Å²) >= 11 is 0. The first-order valence-corrected chi connectivity index (χ1v) is 9.84. The van der Waals surface area contributed by atoms with Crippen molar-refractivity contribution in [1.29, 1.82) is 0 Å². The normalized spacial score (nSPS) is 10.8. The number of aromatic nitrogens is 2. The number of carbonyl (C=O) groups excluding carboxylic acids is 2. The summed E-state index contributed by atoms with van der Waals surface area (Å²) in [5, 5.41) is 5.76. The molecule has 30 heavy (non-hydrogen) atoms. The summed E-state index contributed by atoms with van der Waals surface area (Å²) in [6, 6.07) is 12.0. The minimum absolute atomic E-state index is 0.129. The van der Waals surface area contributed by atoms with Crippen LogP contribution in [0.15, 0.2) is 53.5 Å². The van der Waals surface area contributed by atoms with Crippen LogP contribution in [0.3, 0.4) is 0 Å². The molecule has 1 aromatic heterocycles. The lowest BCUT2D eigenvalue weighted by molar-refractivity contribution is 0.0948. The molecule has 0 fully saturated rings. The number of imidazole rings is 1. The number of carbonyl (C=O) groups is 2. The van der Waals surface area contributed by atoms with Gasteiger partial charge in [0, 0.05) is 35.2 Å². The van der Waals surface area contributed by atoms with E-state index in [-0.39, 0.29) is 17.5 Å². The quantitative estimate of drug-likeness (QED) is 0.585. The van der Waals surface area contributed by atoms with Crippen LogP contribution < -0.4 is 16.3 Å². The number of hydrogen-bond donors (Lipinski definition) is 3. The van der Waals surface area contributed by atoms with Gasteiger partial charge in [0.05, 0.1) is 5.69 Å². The summed E-state index contributed by atoms with van der Waals surface area (Å²) in [6.07, 6.45) is 1.64. The summed E-state index contributed by atoms with van der Waals surface area (Å²) in [4.78, 5) is 39.4. The Bertz CT molecular complexity index is 1120. The van der Waals surface area contributed by atoms with Gasteiger partial charge >= 0.3 is 5.69 Å². The zero-order valence-electron chi connectivity index (χ0n) is 17.6. The Labute approximate surface area is 175 Å². The van der Waals surface area contributed by atoms with Crippen molar-refractivity contribution in [3.63, 3.8) is 0 Å². The Morgan fingerprint density at radius 2 is 1.67 bits per heavy atom. The van der Waals surface area contributed by atoms with Crippen LogP contribution in [0.4, 0.5) is 5.69 Å². The number of aromatic amines is 1. The lowest BCUT2D eigenvalue weighted by atomic mass is 10.1. The SMILES string of the molecule is Cc1cc(C(=O)NCC(C)C)ccc1NC(=O)c1ccc(-n2c(C)c[nH]c2=O)cc1. The molecule has 0 aliphatic rings. The van der Waals surface area contributed by atoms with Gasteiger partial charge in [0.15, 0.2) is 0 Å². The van der Waals surface area contributed by atoms with Crippen LogP contribution >= 0.6 is 0 Å². The molecule has 0 saturated heterocycles. The summed E-state index contributed by atoms with van der Waals surface area (Å²) in [7, 11) is 0. The van der Waals surface area contributed by atoms with Gasteiger partial charge in [-0.25, -0.2) is 4.79 Å². The number of nitrogens with zero attached hydrogens (tertiary/aromatic N) is 1. The van der Waals surface area contributed by atoms with E-state index >= 15 is 0 Å². The molecule has 3 N–H and O–H groups in total. The molecule has 2 amide bonds. The average Bonchev–Trinajstić information content (AvgIpc) is 3.05. The third kappa shape index (κ3) is 4.68. The van der Waals surface area contributed by atoms with E-state index in [1.807, 2.05) is 27.7 Å². The molecule has 3 aromatic rings. The summed E-state index contributed by atoms with van der Waals surface area (Å²) < 4.78 is 1.54. The Morgan fingerprint density at radius 1 is 1.00 bits per heavy atom. The Kier molecular flexibility index (Phi) is 6.20. The highest BCUT2D eigenvalue weighted by Gasteiger charge is 2.12. The molecule has 3 rings (SSSR count). The van der Waals surface area contributed by atoms with E-state index in [1.165, 1.54) is 4.57 Å². The Hall–Kier alpha value is -3.61. The number of rotatable bonds is 6. The van der Waals surface area contributed by atoms with Gasteiger partial charge in [-0.05, 0) is 67.8 Å². The number of H-pyrrole nitrogens is 1. The summed E-state index contributed by atoms with van der Waals surface area (Å²) in [5.74, 6) is -0.0184. The Morgan fingerprint density at radius 3 is 2.23 bits per heavy atom. The van der Waals surface area contributed by atoms with Gasteiger partial charge in [-0.3, -0.25) is 14.2 Å². The highest BCUT2D eigenvalue weighted by molar-refractivity contribution is 6.05. The molecule has 0 unspecified atom stereocenters. The molecular formula is C23H26N4O3. The van der Waals surface area contributed by atoms with Gasteiger partial charge in [0.1, 0.15) is 0 Å². The van der Waals surface area contributed by atoms with Crippen molar-refractivity contribution in [3.05, 3.63) is 81.5 Å². The van der Waals surface area contributed by atoms with Crippen molar-refractivity contribution in [1.82, 2.24) is 14.9 Å². The lowest BCUT2D eigenvalue weighted by Crippen LogP contribution is -2.27. The second kappa shape index (κ2) is 8.82. The first-order chi connectivity index (χ1) is 14.3. The topological polar surface area (TPSA) is 96.0 Å². The highest BCUT2D eigenvalue weighted by Crippen LogP contribution is 2.18. The van der Waals surface area contributed by atoms with Crippen molar-refractivity contribution in [3.8, 4) is 5.69 Å². The molecule has 0 spiro atoms. The fraction of sp³-hybridized carbons (Fsp3) is 0.261. The number of hydrogen-bond acceptors (Lipinski definition) is 3. The molecule has 0 atom stereocenters. The van der Waals surface area contributed by atoms with Gasteiger partial charge in [-0.15, -0.1) is 0 Å². The highest BCUT2D eigenvalue weighted by atomic mass is 16.2. The maximum absolute atomic E-state index is 12.6. The van der Waals surface area contributed by atoms with Gasteiger partial charge in [-0.1, -0.05) is 13.8 Å². The van der Waals surface area contributed by atoms with Crippen LogP contribution in [0.5, 0.6) is 0 Å². The fourth-order valence-electron chi connectivity index (χ4n) is 3.08. The van der Waals surface area contributed by atoms with E-state index in [0.717, 1.165) is 11.3 Å². The second-order valence-corrected chi connectivity index (χ2v) is 7.71. The maximum atomic E-state index is 12.6. The zero-order valence-corrected chi connectivity index (χ0v) is 17.6. The lowest BCUT2D eigenvalue weighted by Gasteiger charge is -2.12. The van der Waals surface area contributed by atoms with Crippen LogP contribution in [0.2, 0.25) is 0 Å². The number of anilines is 1. The predicted octanol–water partition coefficient (Wildman–Crippen LogP) is 3.42. The average molecular weight is 406 g/mol. The van der Waals surface area contributed by atoms with Crippen molar-refractivity contribution in [2.75, 3.05) is 11.9 Å². The maximum Gasteiger partial charge on any atom is 0.330 e. The minimum atomic E-state index is -0.264. The molecule has 7 nitrogen and oxygen atoms in total. The first kappa shape index (κ1) is 21.1. The molecule has 1 heterocycles. The smallest absolute Gasteiger partial charge is 0.330 e. The van der Waals surface area contributed by atoms with E-state index in [4.69, 9.17) is 0 Å². The van der Waals surface area contributed by atoms with Gasteiger partial charge < -0.3 is 15.6 Å². The van der Waals surface area contributed by atoms with Crippen molar-refractivity contribution >= 4 is 17.5 Å². The number of aryl methyl sites for hydroxylation is 2. The number of benzene rings is 2. The van der Waals surface area contributed by atoms with Crippen LogP contribution in [-0.2, 0) is 0 Å². The van der Waals surface area contributed by atoms with Crippen LogP contribution in [0.25, 0.3) is 5.69 Å². The molecule has 0 aliphatic heterocycles. The van der Waals surface area contributed by atoms with Crippen LogP contribution in [0, 0.1) is 19.8 Å². The third-order valence-corrected chi connectivity index (χ3v) is 4.76. The van der Waals surface area contributed by atoms with E-state index in [9.17, 15) is 14.4 Å². The van der Waals surface area contributed by atoms with Crippen LogP contribution in [0.1, 0.15) is 45.8 Å². The molecule has 0 saturated carbocycles. The van der Waals surface area contributed by atoms with Gasteiger partial charge in [-0.2, -0.15) is 0 Å². The molecular weight excluding hydrogens is 380 g/mol. The predicted molar refractivity (Wildman–Crippen MR) is 117 cm³/mol. The molecule has 0 aliphatic carbocycles. The molecule has 156 valence electrons. The molecule has 7 heteroatoms. The van der Waals surface area contributed by atoms with E-state index in [1.54, 1.807) is 48.7 Å². The van der Waals surface area contributed by atoms with Gasteiger partial charge in [0.2, 0.25) is 0 Å². The third-order valence-electron chi connectivity index (χ3n) is 4.76. The first-order valence-electron chi connectivity index (χ1n) is 9.84. The second-order valence-electron chi connectivity index (χ2n) is 7.71. The van der Waals surface area contributed by atoms with Crippen LogP contribution in [-0.4, -0.2) is 27.9 Å². The summed E-state index contributed by atoms with van der Waals surface area (Å²) in [5.41, 5.74) is 3.71. The number of amides is 2. The molecule has 0 bridgehead atoms. The summed E-state index contributed by atoms with van der Waals surface area (Å²) in [6.45, 7) is 8.36. The largest absolute Gasteiger partial charge is 0.352 e. The molecule has 2 aromatic carbocycles. The number of nitrogens with one attached hydrogen (secondary N) is 3. The van der Waals surface area contributed by atoms with E-state index < -0.39 is 0 Å². The molecule has 0 radical (unpaired) electrons. The minimum Gasteiger partial charge on any atom is -0.352 e. The Balaban J connectivity index is 1.71. The van der Waals surface area contributed by atoms with E-state index in [0.29, 0.717) is 35.0 Å². The monoisotopic (exact) mass is 406 g/mol. The van der Waals surface area contributed by atoms with E-state index in [2.05, 4.69) is 15.6 Å². The van der Waals surface area contributed by atoms with Crippen molar-refractivity contribution in [2.45, 2.75) is 27.7 Å². The standard InChI is InChI=1S/C23H26N4O3/c1-14(2)12-24-21(28)18-7-10-20(15(3)11-18)26-22(29)17-5-8-19(9-6-17)27-16(4)13-25-23(27)30/h5-11,13-14H,12H2,1-4H3,(H,24,28)(H,25,30)(H,26,29). The fourth-order valence-corrected chi connectivity index (χ4v) is 3.08. The van der Waals surface area contributed by atoms with Crippen molar-refractivity contribution in [2.24, 2.45) is 5.92 Å². The van der Waals surface area contributed by atoms with Gasteiger partial charge in [0.25, 0.3) is 11.8 Å².